The van der Waals surface area contributed by atoms with Crippen LogP contribution in [0.25, 0.3) is 21.8 Å². The van der Waals surface area contributed by atoms with Crippen molar-refractivity contribution in [2.45, 2.75) is 12.3 Å². The third-order valence-electron chi connectivity index (χ3n) is 3.80. The Balaban J connectivity index is 1.95. The van der Waals surface area contributed by atoms with Crippen LogP contribution in [0.3, 0.4) is 0 Å². The van der Waals surface area contributed by atoms with Crippen LogP contribution in [-0.2, 0) is 0 Å². The van der Waals surface area contributed by atoms with Gasteiger partial charge in [0, 0.05) is 28.6 Å². The molecule has 0 spiro atoms. The summed E-state index contributed by atoms with van der Waals surface area (Å²) in [7, 11) is 0. The average molecular weight is 258 g/mol. The highest BCUT2D eigenvalue weighted by Gasteiger charge is 2.13. The second kappa shape index (κ2) is 4.57. The van der Waals surface area contributed by atoms with E-state index in [1.165, 1.54) is 5.39 Å². The highest BCUT2D eigenvalue weighted by molar-refractivity contribution is 6.04. The van der Waals surface area contributed by atoms with Crippen molar-refractivity contribution in [3.8, 4) is 0 Å². The van der Waals surface area contributed by atoms with Crippen molar-refractivity contribution in [1.29, 1.82) is 0 Å². The molecule has 3 aromatic rings. The molecule has 0 aliphatic heterocycles. The van der Waals surface area contributed by atoms with Gasteiger partial charge >= 0.3 is 0 Å². The Labute approximate surface area is 117 Å². The number of benzene rings is 1. The van der Waals surface area contributed by atoms with Gasteiger partial charge in [0.2, 0.25) is 0 Å². The zero-order valence-electron chi connectivity index (χ0n) is 11.0. The van der Waals surface area contributed by atoms with Gasteiger partial charge in [-0.15, -0.1) is 0 Å². The van der Waals surface area contributed by atoms with Crippen LogP contribution in [0.15, 0.2) is 66.9 Å². The van der Waals surface area contributed by atoms with Crippen molar-refractivity contribution in [3.05, 3.63) is 72.6 Å². The second-order valence-electron chi connectivity index (χ2n) is 5.10. The van der Waals surface area contributed by atoms with E-state index in [-0.39, 0.29) is 0 Å². The van der Waals surface area contributed by atoms with Gasteiger partial charge in [-0.3, -0.25) is 9.97 Å². The van der Waals surface area contributed by atoms with Crippen LogP contribution in [0, 0.1) is 0 Å². The van der Waals surface area contributed by atoms with Crippen LogP contribution in [-0.4, -0.2) is 9.97 Å². The number of aromatic nitrogens is 2. The second-order valence-corrected chi connectivity index (χ2v) is 5.10. The third-order valence-corrected chi connectivity index (χ3v) is 3.80. The molecule has 1 aliphatic carbocycles. The first-order chi connectivity index (χ1) is 9.92. The Kier molecular flexibility index (Phi) is 2.59. The topological polar surface area (TPSA) is 25.8 Å². The van der Waals surface area contributed by atoms with Crippen molar-refractivity contribution in [2.24, 2.45) is 0 Å². The molecular weight excluding hydrogens is 244 g/mol. The fourth-order valence-corrected chi connectivity index (χ4v) is 2.77. The van der Waals surface area contributed by atoms with Crippen LogP contribution in [0.2, 0.25) is 0 Å². The first-order valence-corrected chi connectivity index (χ1v) is 6.89. The lowest BCUT2D eigenvalue weighted by molar-refractivity contribution is 0.828. The Morgan fingerprint density at radius 2 is 2.05 bits per heavy atom. The van der Waals surface area contributed by atoms with Gasteiger partial charge < -0.3 is 0 Å². The fraction of sp³-hybridized carbons (Fsp3) is 0.111. The minimum Gasteiger partial charge on any atom is -0.256 e. The summed E-state index contributed by atoms with van der Waals surface area (Å²) in [4.78, 5) is 9.32. The molecule has 2 nitrogen and oxygen atoms in total. The summed E-state index contributed by atoms with van der Waals surface area (Å²) in [5.74, 6) is 0.396. The van der Waals surface area contributed by atoms with E-state index < -0.39 is 0 Å². The third kappa shape index (κ3) is 1.81. The summed E-state index contributed by atoms with van der Waals surface area (Å²) in [6.07, 6.45) is 11.5. The number of hydrogen-bond acceptors (Lipinski definition) is 2. The lowest BCUT2D eigenvalue weighted by Crippen LogP contribution is -1.95. The SMILES string of the molecule is C1=CCC(c2cc3ccc4nccccc4c3n2)C=C1. The molecule has 0 bridgehead atoms. The zero-order chi connectivity index (χ0) is 13.4. The van der Waals surface area contributed by atoms with Gasteiger partial charge in [-0.2, -0.15) is 0 Å². The predicted octanol–water partition coefficient (Wildman–Crippen LogP) is 4.38. The Morgan fingerprint density at radius 3 is 2.95 bits per heavy atom. The molecule has 0 radical (unpaired) electrons. The maximum atomic E-state index is 4.87. The van der Waals surface area contributed by atoms with Gasteiger partial charge in [-0.25, -0.2) is 0 Å². The summed E-state index contributed by atoms with van der Waals surface area (Å²) < 4.78 is 0. The smallest absolute Gasteiger partial charge is 0.0800 e. The monoisotopic (exact) mass is 258 g/mol. The van der Waals surface area contributed by atoms with Gasteiger partial charge in [0.05, 0.1) is 11.0 Å². The highest BCUT2D eigenvalue weighted by atomic mass is 14.7. The van der Waals surface area contributed by atoms with Crippen molar-refractivity contribution in [1.82, 2.24) is 9.97 Å². The van der Waals surface area contributed by atoms with Crippen LogP contribution >= 0.6 is 0 Å². The number of allylic oxidation sites excluding steroid dienone is 4. The Hall–Kier alpha value is -2.48. The van der Waals surface area contributed by atoms with Gasteiger partial charge in [0.25, 0.3) is 0 Å². The van der Waals surface area contributed by atoms with Crippen LogP contribution in [0.1, 0.15) is 18.0 Å². The average Bonchev–Trinajstić information content (AvgIpc) is 2.79. The maximum absolute atomic E-state index is 4.87. The van der Waals surface area contributed by atoms with E-state index in [4.69, 9.17) is 4.98 Å². The summed E-state index contributed by atoms with van der Waals surface area (Å²) in [6.45, 7) is 0. The summed E-state index contributed by atoms with van der Waals surface area (Å²) in [6, 6.07) is 12.5. The van der Waals surface area contributed by atoms with E-state index in [0.29, 0.717) is 5.92 Å². The normalized spacial score (nSPS) is 17.9. The minimum absolute atomic E-state index is 0.396. The van der Waals surface area contributed by atoms with Gasteiger partial charge in [-0.1, -0.05) is 42.5 Å². The maximum Gasteiger partial charge on any atom is 0.0800 e. The largest absolute Gasteiger partial charge is 0.256 e. The first-order valence-electron chi connectivity index (χ1n) is 6.89. The molecule has 0 fully saturated rings. The molecule has 1 unspecified atom stereocenters. The summed E-state index contributed by atoms with van der Waals surface area (Å²) in [5, 5.41) is 2.32. The van der Waals surface area contributed by atoms with Gasteiger partial charge in [0.15, 0.2) is 0 Å². The van der Waals surface area contributed by atoms with Crippen LogP contribution in [0.5, 0.6) is 0 Å². The number of nitrogens with zero attached hydrogens (tertiary/aromatic N) is 2. The lowest BCUT2D eigenvalue weighted by Gasteiger charge is -2.09. The van der Waals surface area contributed by atoms with E-state index in [1.807, 2.05) is 18.3 Å². The van der Waals surface area contributed by atoms with E-state index in [2.05, 4.69) is 53.6 Å². The molecule has 1 atom stereocenters. The standard InChI is InChI=1S/C18H14N2/c1-2-6-13(7-3-1)17-12-14-9-10-16-15(18(14)20-17)8-4-5-11-19-16/h1-6,8-13H,7H2. The molecule has 96 valence electrons. The molecule has 2 aromatic heterocycles. The fourth-order valence-electron chi connectivity index (χ4n) is 2.77. The van der Waals surface area contributed by atoms with E-state index >= 15 is 0 Å². The van der Waals surface area contributed by atoms with E-state index in [9.17, 15) is 0 Å². The molecule has 2 heterocycles. The van der Waals surface area contributed by atoms with E-state index in [0.717, 1.165) is 28.5 Å². The quantitative estimate of drug-likeness (QED) is 0.647. The number of hydrogen-bond donors (Lipinski definition) is 0. The van der Waals surface area contributed by atoms with Gasteiger partial charge in [0.1, 0.15) is 0 Å². The molecule has 1 aliphatic rings. The van der Waals surface area contributed by atoms with Crippen LogP contribution in [0.4, 0.5) is 0 Å². The summed E-state index contributed by atoms with van der Waals surface area (Å²) in [5.41, 5.74) is 3.20. The molecule has 20 heavy (non-hydrogen) atoms. The van der Waals surface area contributed by atoms with Gasteiger partial charge in [-0.05, 0) is 24.6 Å². The lowest BCUT2D eigenvalue weighted by atomic mass is 9.97. The van der Waals surface area contributed by atoms with Crippen molar-refractivity contribution in [3.63, 3.8) is 0 Å². The van der Waals surface area contributed by atoms with Crippen LogP contribution < -0.4 is 0 Å². The van der Waals surface area contributed by atoms with Crippen molar-refractivity contribution >= 4 is 21.8 Å². The first kappa shape index (κ1) is 11.4. The zero-order valence-corrected chi connectivity index (χ0v) is 11.0. The molecule has 4 rings (SSSR count). The molecule has 0 saturated heterocycles. The van der Waals surface area contributed by atoms with E-state index in [1.54, 1.807) is 0 Å². The molecular formula is C18H14N2. The molecule has 2 heteroatoms. The Bertz CT molecular complexity index is 846. The number of fused-ring (bicyclic) bond motifs is 3. The Morgan fingerprint density at radius 1 is 1.05 bits per heavy atom. The van der Waals surface area contributed by atoms with Crippen molar-refractivity contribution in [2.75, 3.05) is 0 Å². The predicted molar refractivity (Wildman–Crippen MR) is 82.7 cm³/mol. The molecule has 0 amide bonds. The molecule has 0 saturated carbocycles. The highest BCUT2D eigenvalue weighted by Crippen LogP contribution is 2.30. The number of rotatable bonds is 1. The minimum atomic E-state index is 0.396. The summed E-state index contributed by atoms with van der Waals surface area (Å²) >= 11 is 0. The van der Waals surface area contributed by atoms with Crippen molar-refractivity contribution < 1.29 is 0 Å². The molecule has 1 aromatic carbocycles. The molecule has 0 N–H and O–H groups in total.